The molecule has 6 rings (SSSR count). The third-order valence-corrected chi connectivity index (χ3v) is 10.7. The molecule has 2 N–H and O–H groups in total. The summed E-state index contributed by atoms with van der Waals surface area (Å²) in [5.74, 6) is -3.69. The lowest BCUT2D eigenvalue weighted by Gasteiger charge is -2.39. The number of carbonyl (C=O) groups excluding carboxylic acids is 4. The van der Waals surface area contributed by atoms with E-state index in [-0.39, 0.29) is 37.4 Å². The Bertz CT molecular complexity index is 1460. The summed E-state index contributed by atoms with van der Waals surface area (Å²) in [6, 6.07) is 6.65. The fourth-order valence-corrected chi connectivity index (χ4v) is 8.38. The van der Waals surface area contributed by atoms with Crippen LogP contribution in [0.2, 0.25) is 0 Å². The monoisotopic (exact) mass is 708 g/mol. The van der Waals surface area contributed by atoms with Crippen LogP contribution >= 0.6 is 0 Å². The Labute approximate surface area is 299 Å². The lowest BCUT2D eigenvalue weighted by atomic mass is 9.77. The second-order valence-electron chi connectivity index (χ2n) is 14.6. The smallest absolute Gasteiger partial charge is 0.313 e. The average molecular weight is 709 g/mol. The first-order chi connectivity index (χ1) is 24.7. The van der Waals surface area contributed by atoms with Gasteiger partial charge in [-0.2, -0.15) is 0 Å². The van der Waals surface area contributed by atoms with Crippen molar-refractivity contribution in [1.82, 2.24) is 20.0 Å². The minimum absolute atomic E-state index is 0.0755. The van der Waals surface area contributed by atoms with Crippen LogP contribution in [0.4, 0.5) is 0 Å². The number of nitrogens with one attached hydrogen (secondary N) is 1. The number of aliphatic hydroxyl groups excluding tert-OH is 1. The molecule has 0 unspecified atom stereocenters. The molecule has 278 valence electrons. The van der Waals surface area contributed by atoms with Crippen molar-refractivity contribution in [3.8, 4) is 0 Å². The van der Waals surface area contributed by atoms with Crippen molar-refractivity contribution in [2.45, 2.75) is 69.0 Å². The molecular weight excluding hydrogens is 656 g/mol. The zero-order valence-corrected chi connectivity index (χ0v) is 29.9. The van der Waals surface area contributed by atoms with E-state index in [9.17, 15) is 24.3 Å². The molecule has 51 heavy (non-hydrogen) atoms. The number of morpholine rings is 1. The number of hydrogen-bond acceptors (Lipinski definition) is 10. The Morgan fingerprint density at radius 1 is 1.04 bits per heavy atom. The van der Waals surface area contributed by atoms with E-state index in [1.165, 1.54) is 12.0 Å². The molecular formula is C38H52N4O9. The quantitative estimate of drug-likeness (QED) is 0.271. The van der Waals surface area contributed by atoms with E-state index < -0.39 is 59.6 Å². The van der Waals surface area contributed by atoms with Gasteiger partial charge in [0, 0.05) is 46.3 Å². The number of hydrogen-bond donors (Lipinski definition) is 2. The molecule has 5 heterocycles. The first-order valence-corrected chi connectivity index (χ1v) is 18.3. The number of likely N-dealkylation sites (tertiary alicyclic amines) is 1. The van der Waals surface area contributed by atoms with Crippen molar-refractivity contribution >= 4 is 23.7 Å². The average Bonchev–Trinajstić information content (AvgIpc) is 3.52. The third kappa shape index (κ3) is 7.64. The van der Waals surface area contributed by atoms with E-state index in [2.05, 4.69) is 10.2 Å². The van der Waals surface area contributed by atoms with Gasteiger partial charge in [-0.15, -0.1) is 0 Å². The summed E-state index contributed by atoms with van der Waals surface area (Å²) < 4.78 is 24.2. The molecule has 3 amide bonds. The second kappa shape index (κ2) is 16.4. The lowest BCUT2D eigenvalue weighted by Crippen LogP contribution is -2.59. The normalized spacial score (nSPS) is 33.0. The Morgan fingerprint density at radius 3 is 2.51 bits per heavy atom. The first kappa shape index (κ1) is 37.1. The summed E-state index contributed by atoms with van der Waals surface area (Å²) in [4.78, 5) is 62.9. The van der Waals surface area contributed by atoms with Crippen LogP contribution in [0.5, 0.6) is 0 Å². The molecule has 8 atom stereocenters. The number of carbonyl (C=O) groups is 4. The summed E-state index contributed by atoms with van der Waals surface area (Å²) in [5.41, 5.74) is -0.839. The molecule has 1 aromatic rings. The summed E-state index contributed by atoms with van der Waals surface area (Å²) >= 11 is 0. The van der Waals surface area contributed by atoms with Gasteiger partial charge in [0.2, 0.25) is 17.7 Å². The number of cyclic esters (lactones) is 1. The van der Waals surface area contributed by atoms with Gasteiger partial charge in [0.1, 0.15) is 23.7 Å². The molecule has 0 bridgehead atoms. The highest BCUT2D eigenvalue weighted by atomic mass is 16.6. The predicted molar refractivity (Wildman–Crippen MR) is 186 cm³/mol. The highest BCUT2D eigenvalue weighted by Crippen LogP contribution is 2.54. The number of rotatable bonds is 10. The predicted octanol–water partition coefficient (Wildman–Crippen LogP) is 1.47. The van der Waals surface area contributed by atoms with Crippen LogP contribution < -0.4 is 5.32 Å². The highest BCUT2D eigenvalue weighted by molar-refractivity contribution is 5.99. The maximum absolute atomic E-state index is 14.9. The van der Waals surface area contributed by atoms with Gasteiger partial charge in [-0.05, 0) is 24.3 Å². The molecule has 5 aliphatic heterocycles. The summed E-state index contributed by atoms with van der Waals surface area (Å²) in [5, 5.41) is 13.7. The van der Waals surface area contributed by atoms with Gasteiger partial charge in [0.25, 0.3) is 0 Å². The van der Waals surface area contributed by atoms with Crippen LogP contribution in [0.25, 0.3) is 0 Å². The van der Waals surface area contributed by atoms with Crippen molar-refractivity contribution in [2.24, 2.45) is 17.8 Å². The Balaban J connectivity index is 1.41. The zero-order valence-electron chi connectivity index (χ0n) is 29.9. The summed E-state index contributed by atoms with van der Waals surface area (Å²) in [7, 11) is 1.51. The molecule has 13 nitrogen and oxygen atoms in total. The number of nitrogens with zero attached hydrogens (tertiary/aromatic N) is 3. The van der Waals surface area contributed by atoms with E-state index in [1.54, 1.807) is 23.1 Å². The molecule has 0 aromatic heterocycles. The van der Waals surface area contributed by atoms with Crippen LogP contribution in [0.15, 0.2) is 54.6 Å². The van der Waals surface area contributed by atoms with Crippen molar-refractivity contribution < 1.29 is 43.2 Å². The van der Waals surface area contributed by atoms with Crippen molar-refractivity contribution in [2.75, 3.05) is 66.3 Å². The largest absolute Gasteiger partial charge is 0.455 e. The molecule has 0 radical (unpaired) electrons. The van der Waals surface area contributed by atoms with Crippen molar-refractivity contribution in [3.05, 3.63) is 60.2 Å². The third-order valence-electron chi connectivity index (χ3n) is 10.7. The molecule has 3 fully saturated rings. The number of benzene rings is 1. The molecule has 13 heteroatoms. The van der Waals surface area contributed by atoms with Crippen molar-refractivity contribution in [1.29, 1.82) is 0 Å². The lowest BCUT2D eigenvalue weighted by molar-refractivity contribution is -0.163. The van der Waals surface area contributed by atoms with Gasteiger partial charge in [-0.1, -0.05) is 68.5 Å². The number of esters is 1. The number of ether oxygens (including phenoxy) is 4. The van der Waals surface area contributed by atoms with Gasteiger partial charge < -0.3 is 39.2 Å². The number of amides is 3. The molecule has 1 aromatic carbocycles. The number of aliphatic hydroxyl groups is 1. The molecule has 3 saturated heterocycles. The summed E-state index contributed by atoms with van der Waals surface area (Å²) in [6.45, 7) is 7.95. The Morgan fingerprint density at radius 2 is 1.80 bits per heavy atom. The maximum atomic E-state index is 14.9. The molecule has 1 spiro atoms. The summed E-state index contributed by atoms with van der Waals surface area (Å²) in [6.07, 6.45) is 6.34. The fraction of sp³-hybridized carbons (Fsp3) is 0.632. The van der Waals surface area contributed by atoms with E-state index in [4.69, 9.17) is 18.9 Å². The minimum Gasteiger partial charge on any atom is -0.455 e. The van der Waals surface area contributed by atoms with Crippen LogP contribution in [-0.4, -0.2) is 140 Å². The van der Waals surface area contributed by atoms with Crippen LogP contribution in [0, 0.1) is 17.8 Å². The number of fused-ring (bicyclic) bond motifs is 2. The zero-order chi connectivity index (χ0) is 36.1. The van der Waals surface area contributed by atoms with Gasteiger partial charge >= 0.3 is 5.97 Å². The SMILES string of the molecule is COC[C@@H]1NC(=O)CC/C=C\[C@@H]2O[C@@]34C=CCN(CCN5CCOCC5)C(=O)[C@@H]3N([C@@H](CO)CC(C)C)C(=O)[C@H]4[C@@H]2C(=O)O[C@H]1c1ccccc1. The van der Waals surface area contributed by atoms with E-state index in [1.807, 2.05) is 50.3 Å². The van der Waals surface area contributed by atoms with Gasteiger partial charge in [0.15, 0.2) is 0 Å². The van der Waals surface area contributed by atoms with Crippen LogP contribution in [0.3, 0.4) is 0 Å². The number of methoxy groups -OCH3 is 1. The Hall–Kier alpha value is -3.62. The first-order valence-electron chi connectivity index (χ1n) is 18.3. The minimum atomic E-state index is -1.49. The maximum Gasteiger partial charge on any atom is 0.313 e. The van der Waals surface area contributed by atoms with Crippen LogP contribution in [-0.2, 0) is 38.1 Å². The van der Waals surface area contributed by atoms with Gasteiger partial charge in [-0.3, -0.25) is 24.1 Å². The molecule has 0 aliphatic carbocycles. The second-order valence-corrected chi connectivity index (χ2v) is 14.6. The molecule has 0 saturated carbocycles. The molecule has 5 aliphatic rings. The topological polar surface area (TPSA) is 147 Å². The number of allylic oxidation sites excluding steroid dienone is 1. The van der Waals surface area contributed by atoms with Gasteiger partial charge in [0.05, 0.1) is 50.5 Å². The standard InChI is InChI=1S/C38H52N4O9/c1-25(2)22-27(23-43)42-34-36(46)41(17-16-40-18-20-49-21-19-40)15-9-14-38(34)32(35(42)45)31-29(51-38)12-7-8-13-30(44)39-28(24-48-3)33(50-37(31)47)26-10-5-4-6-11-26/h4-7,9-12,14,25,27-29,31-34,43H,8,13,15-24H2,1-3H3,(H,39,44)/b12-7-/t27-,28+,29+,31-,32-,33+,34+,38-/m1/s1. The Kier molecular flexibility index (Phi) is 11.9. The van der Waals surface area contributed by atoms with E-state index in [0.717, 1.165) is 13.1 Å². The van der Waals surface area contributed by atoms with E-state index in [0.29, 0.717) is 51.3 Å². The highest BCUT2D eigenvalue weighted by Gasteiger charge is 2.72. The fourth-order valence-electron chi connectivity index (χ4n) is 8.38. The van der Waals surface area contributed by atoms with E-state index >= 15 is 0 Å². The van der Waals surface area contributed by atoms with Gasteiger partial charge in [-0.25, -0.2) is 0 Å². The van der Waals surface area contributed by atoms with Crippen molar-refractivity contribution in [3.63, 3.8) is 0 Å². The van der Waals surface area contributed by atoms with Crippen LogP contribution in [0.1, 0.15) is 44.8 Å².